The Balaban J connectivity index is 2.43. The summed E-state index contributed by atoms with van der Waals surface area (Å²) in [5.74, 6) is -0.707. The van der Waals surface area contributed by atoms with Crippen LogP contribution in [0.1, 0.15) is 39.0 Å². The van der Waals surface area contributed by atoms with Crippen molar-refractivity contribution in [3.63, 3.8) is 0 Å². The van der Waals surface area contributed by atoms with Gasteiger partial charge in [-0.1, -0.05) is 6.92 Å². The molecule has 0 aromatic carbocycles. The van der Waals surface area contributed by atoms with Gasteiger partial charge in [0.1, 0.15) is 0 Å². The van der Waals surface area contributed by atoms with Gasteiger partial charge in [-0.25, -0.2) is 0 Å². The number of amides is 1. The molecule has 86 valence electrons. The number of nitrogens with zero attached hydrogens (tertiary/aromatic N) is 1. The molecule has 1 aliphatic rings. The van der Waals surface area contributed by atoms with Gasteiger partial charge in [-0.05, 0) is 25.7 Å². The first-order valence-electron chi connectivity index (χ1n) is 5.65. The molecular formula is C11H19NO3. The van der Waals surface area contributed by atoms with Crippen LogP contribution in [0.4, 0.5) is 0 Å². The third-order valence-electron chi connectivity index (χ3n) is 2.84. The Labute approximate surface area is 90.3 Å². The van der Waals surface area contributed by atoms with E-state index >= 15 is 0 Å². The predicted octanol–water partition coefficient (Wildman–Crippen LogP) is 1.50. The summed E-state index contributed by atoms with van der Waals surface area (Å²) >= 11 is 0. The number of carbonyl (C=O) groups is 2. The fourth-order valence-corrected chi connectivity index (χ4v) is 2.08. The van der Waals surface area contributed by atoms with Crippen LogP contribution in [-0.2, 0) is 9.59 Å². The van der Waals surface area contributed by atoms with Gasteiger partial charge in [-0.15, -0.1) is 0 Å². The Bertz CT molecular complexity index is 238. The second-order valence-corrected chi connectivity index (χ2v) is 4.10. The van der Waals surface area contributed by atoms with Gasteiger partial charge in [-0.2, -0.15) is 0 Å². The van der Waals surface area contributed by atoms with Crippen molar-refractivity contribution in [2.75, 3.05) is 13.1 Å². The number of likely N-dealkylation sites (tertiary alicyclic amines) is 1. The van der Waals surface area contributed by atoms with Gasteiger partial charge >= 0.3 is 5.97 Å². The normalized spacial score (nSPS) is 21.8. The van der Waals surface area contributed by atoms with E-state index in [1.807, 2.05) is 11.8 Å². The van der Waals surface area contributed by atoms with Gasteiger partial charge in [0.05, 0.1) is 0 Å². The highest BCUT2D eigenvalue weighted by Crippen LogP contribution is 2.22. The zero-order valence-corrected chi connectivity index (χ0v) is 9.24. The van der Waals surface area contributed by atoms with E-state index in [-0.39, 0.29) is 18.2 Å². The zero-order valence-electron chi connectivity index (χ0n) is 9.24. The largest absolute Gasteiger partial charge is 0.481 e. The third-order valence-corrected chi connectivity index (χ3v) is 2.84. The van der Waals surface area contributed by atoms with Crippen LogP contribution in [0.5, 0.6) is 0 Å². The number of aliphatic carboxylic acids is 1. The lowest BCUT2D eigenvalue weighted by Gasteiger charge is -2.31. The van der Waals surface area contributed by atoms with E-state index in [1.54, 1.807) is 0 Å². The van der Waals surface area contributed by atoms with Crippen molar-refractivity contribution in [1.29, 1.82) is 0 Å². The maximum Gasteiger partial charge on any atom is 0.303 e. The SMILES string of the molecule is CCCN1CCCC(CCC(=O)O)C1=O. The number of piperidine rings is 1. The molecule has 0 aliphatic carbocycles. The van der Waals surface area contributed by atoms with Gasteiger partial charge in [0.15, 0.2) is 0 Å². The van der Waals surface area contributed by atoms with E-state index in [2.05, 4.69) is 0 Å². The number of carboxylic acid groups (broad SMARTS) is 1. The number of hydrogen-bond acceptors (Lipinski definition) is 2. The lowest BCUT2D eigenvalue weighted by atomic mass is 9.92. The van der Waals surface area contributed by atoms with Crippen molar-refractivity contribution in [3.05, 3.63) is 0 Å². The molecular weight excluding hydrogens is 194 g/mol. The molecule has 1 amide bonds. The summed E-state index contributed by atoms with van der Waals surface area (Å²) in [6, 6.07) is 0. The molecule has 4 heteroatoms. The molecule has 1 heterocycles. The molecule has 0 aromatic rings. The summed E-state index contributed by atoms with van der Waals surface area (Å²) in [7, 11) is 0. The lowest BCUT2D eigenvalue weighted by molar-refractivity contribution is -0.140. The molecule has 1 fully saturated rings. The Hall–Kier alpha value is -1.06. The van der Waals surface area contributed by atoms with Crippen LogP contribution < -0.4 is 0 Å². The first-order valence-corrected chi connectivity index (χ1v) is 5.65. The van der Waals surface area contributed by atoms with E-state index < -0.39 is 5.97 Å². The minimum absolute atomic E-state index is 0.0543. The molecule has 0 bridgehead atoms. The van der Waals surface area contributed by atoms with E-state index in [9.17, 15) is 9.59 Å². The van der Waals surface area contributed by atoms with E-state index in [4.69, 9.17) is 5.11 Å². The smallest absolute Gasteiger partial charge is 0.303 e. The molecule has 0 radical (unpaired) electrons. The quantitative estimate of drug-likeness (QED) is 0.753. The molecule has 0 spiro atoms. The number of carboxylic acids is 1. The van der Waals surface area contributed by atoms with Crippen LogP contribution in [0, 0.1) is 5.92 Å². The van der Waals surface area contributed by atoms with Gasteiger partial charge in [-0.3, -0.25) is 9.59 Å². The van der Waals surface area contributed by atoms with Crippen molar-refractivity contribution < 1.29 is 14.7 Å². The van der Waals surface area contributed by atoms with Gasteiger partial charge in [0, 0.05) is 25.4 Å². The van der Waals surface area contributed by atoms with Crippen molar-refractivity contribution in [2.24, 2.45) is 5.92 Å². The van der Waals surface area contributed by atoms with Crippen LogP contribution in [0.15, 0.2) is 0 Å². The average Bonchev–Trinajstić information content (AvgIpc) is 2.19. The summed E-state index contributed by atoms with van der Waals surface area (Å²) in [6.07, 6.45) is 3.44. The first-order chi connectivity index (χ1) is 7.15. The van der Waals surface area contributed by atoms with Crippen LogP contribution in [0.3, 0.4) is 0 Å². The molecule has 1 rings (SSSR count). The van der Waals surface area contributed by atoms with Crippen molar-refractivity contribution in [3.8, 4) is 0 Å². The van der Waals surface area contributed by atoms with Crippen LogP contribution in [-0.4, -0.2) is 35.0 Å². The molecule has 0 aromatic heterocycles. The average molecular weight is 213 g/mol. The maximum absolute atomic E-state index is 11.9. The Kier molecular flexibility index (Phi) is 4.59. The standard InChI is InChI=1S/C11H19NO3/c1-2-7-12-8-3-4-9(11(12)15)5-6-10(13)14/h9H,2-8H2,1H3,(H,13,14). The highest BCUT2D eigenvalue weighted by Gasteiger charge is 2.27. The van der Waals surface area contributed by atoms with Crippen LogP contribution in [0.2, 0.25) is 0 Å². The van der Waals surface area contributed by atoms with Crippen molar-refractivity contribution in [1.82, 2.24) is 4.90 Å². The fourth-order valence-electron chi connectivity index (χ4n) is 2.08. The second-order valence-electron chi connectivity index (χ2n) is 4.10. The van der Waals surface area contributed by atoms with E-state index in [1.165, 1.54) is 0 Å². The van der Waals surface area contributed by atoms with E-state index in [0.29, 0.717) is 6.42 Å². The Morgan fingerprint density at radius 1 is 1.60 bits per heavy atom. The Morgan fingerprint density at radius 3 is 2.93 bits per heavy atom. The zero-order chi connectivity index (χ0) is 11.3. The van der Waals surface area contributed by atoms with E-state index in [0.717, 1.165) is 32.4 Å². The van der Waals surface area contributed by atoms with Crippen molar-refractivity contribution in [2.45, 2.75) is 39.0 Å². The summed E-state index contributed by atoms with van der Waals surface area (Å²) in [6.45, 7) is 3.70. The predicted molar refractivity (Wildman–Crippen MR) is 56.5 cm³/mol. The lowest BCUT2D eigenvalue weighted by Crippen LogP contribution is -2.41. The molecule has 1 saturated heterocycles. The van der Waals surface area contributed by atoms with Crippen LogP contribution >= 0.6 is 0 Å². The third kappa shape index (κ3) is 3.53. The number of hydrogen-bond donors (Lipinski definition) is 1. The second kappa shape index (κ2) is 5.73. The van der Waals surface area contributed by atoms with Crippen LogP contribution in [0.25, 0.3) is 0 Å². The molecule has 1 unspecified atom stereocenters. The topological polar surface area (TPSA) is 57.6 Å². The first kappa shape index (κ1) is 12.0. The molecule has 1 atom stereocenters. The van der Waals surface area contributed by atoms with Crippen molar-refractivity contribution >= 4 is 11.9 Å². The molecule has 1 N–H and O–H groups in total. The summed E-state index contributed by atoms with van der Waals surface area (Å²) in [5, 5.41) is 8.57. The summed E-state index contributed by atoms with van der Waals surface area (Å²) < 4.78 is 0. The van der Waals surface area contributed by atoms with Gasteiger partial charge < -0.3 is 10.0 Å². The fraction of sp³-hybridized carbons (Fsp3) is 0.818. The molecule has 4 nitrogen and oxygen atoms in total. The maximum atomic E-state index is 11.9. The highest BCUT2D eigenvalue weighted by atomic mass is 16.4. The monoisotopic (exact) mass is 213 g/mol. The minimum Gasteiger partial charge on any atom is -0.481 e. The molecule has 1 aliphatic heterocycles. The highest BCUT2D eigenvalue weighted by molar-refractivity contribution is 5.80. The molecule has 0 saturated carbocycles. The summed E-state index contributed by atoms with van der Waals surface area (Å²) in [5.41, 5.74) is 0. The minimum atomic E-state index is -0.810. The van der Waals surface area contributed by atoms with Gasteiger partial charge in [0.25, 0.3) is 0 Å². The number of rotatable bonds is 5. The summed E-state index contributed by atoms with van der Waals surface area (Å²) in [4.78, 5) is 24.2. The van der Waals surface area contributed by atoms with Gasteiger partial charge in [0.2, 0.25) is 5.91 Å². The molecule has 15 heavy (non-hydrogen) atoms. The Morgan fingerprint density at radius 2 is 2.33 bits per heavy atom. The number of carbonyl (C=O) groups excluding carboxylic acids is 1.